The van der Waals surface area contributed by atoms with Gasteiger partial charge in [-0.3, -0.25) is 0 Å². The molecule has 1 fully saturated rings. The van der Waals surface area contributed by atoms with Crippen LogP contribution in [0.5, 0.6) is 0 Å². The lowest BCUT2D eigenvalue weighted by Gasteiger charge is -2.26. The predicted molar refractivity (Wildman–Crippen MR) is 50.7 cm³/mol. The molecule has 3 aliphatic rings. The molecule has 0 heterocycles. The first-order valence-corrected chi connectivity index (χ1v) is 5.13. The van der Waals surface area contributed by atoms with Gasteiger partial charge in [-0.2, -0.15) is 0 Å². The number of allylic oxidation sites excluding steroid dienone is 4. The summed E-state index contributed by atoms with van der Waals surface area (Å²) < 4.78 is 0. The molecular weight excluding hydrogens is 144 g/mol. The molecule has 2 bridgehead atoms. The standard InChI is InChI=1S/C12H16/c1-7-8(2)12-6-11(7)9-4-3-5-10(9)12/h3-4,9-12H,5-6H2,1-2H3. The summed E-state index contributed by atoms with van der Waals surface area (Å²) in [6.07, 6.45) is 7.71. The molecule has 4 atom stereocenters. The highest BCUT2D eigenvalue weighted by Gasteiger charge is 2.49. The fourth-order valence-corrected chi connectivity index (χ4v) is 3.71. The number of hydrogen-bond donors (Lipinski definition) is 0. The van der Waals surface area contributed by atoms with Gasteiger partial charge in [0.05, 0.1) is 0 Å². The number of rotatable bonds is 0. The van der Waals surface area contributed by atoms with Crippen LogP contribution in [0.3, 0.4) is 0 Å². The van der Waals surface area contributed by atoms with Crippen molar-refractivity contribution in [2.45, 2.75) is 26.7 Å². The highest BCUT2D eigenvalue weighted by atomic mass is 14.5. The molecule has 0 amide bonds. The van der Waals surface area contributed by atoms with Crippen LogP contribution in [0.15, 0.2) is 23.3 Å². The van der Waals surface area contributed by atoms with Crippen LogP contribution in [0.25, 0.3) is 0 Å². The Morgan fingerprint density at radius 3 is 2.75 bits per heavy atom. The normalized spacial score (nSPS) is 49.2. The van der Waals surface area contributed by atoms with Gasteiger partial charge in [-0.05, 0) is 50.4 Å². The van der Waals surface area contributed by atoms with Crippen molar-refractivity contribution in [3.63, 3.8) is 0 Å². The van der Waals surface area contributed by atoms with E-state index in [4.69, 9.17) is 0 Å². The molecule has 0 aromatic heterocycles. The third-order valence-electron chi connectivity index (χ3n) is 4.48. The molecule has 3 aliphatic carbocycles. The Morgan fingerprint density at radius 2 is 1.92 bits per heavy atom. The predicted octanol–water partition coefficient (Wildman–Crippen LogP) is 3.16. The molecule has 3 rings (SSSR count). The van der Waals surface area contributed by atoms with E-state index in [0.717, 1.165) is 23.7 Å². The van der Waals surface area contributed by atoms with E-state index >= 15 is 0 Å². The smallest absolute Gasteiger partial charge is 0.0131 e. The largest absolute Gasteiger partial charge is 0.0879 e. The Morgan fingerprint density at radius 1 is 1.17 bits per heavy atom. The molecule has 0 N–H and O–H groups in total. The van der Waals surface area contributed by atoms with Gasteiger partial charge in [-0.15, -0.1) is 0 Å². The molecule has 0 aromatic carbocycles. The second-order valence-electron chi connectivity index (χ2n) is 4.72. The van der Waals surface area contributed by atoms with E-state index in [1.807, 2.05) is 0 Å². The second kappa shape index (κ2) is 2.04. The van der Waals surface area contributed by atoms with E-state index in [9.17, 15) is 0 Å². The Labute approximate surface area is 74.4 Å². The van der Waals surface area contributed by atoms with E-state index in [1.165, 1.54) is 12.8 Å². The summed E-state index contributed by atoms with van der Waals surface area (Å²) in [6, 6.07) is 0. The van der Waals surface area contributed by atoms with E-state index < -0.39 is 0 Å². The van der Waals surface area contributed by atoms with Crippen molar-refractivity contribution in [3.8, 4) is 0 Å². The lowest BCUT2D eigenvalue weighted by atomic mass is 9.78. The molecule has 0 saturated heterocycles. The molecule has 4 unspecified atom stereocenters. The SMILES string of the molecule is CC1=C(C)C2CC1C1C=CCC21. The van der Waals surface area contributed by atoms with E-state index in [0.29, 0.717) is 0 Å². The Kier molecular flexibility index (Phi) is 1.18. The molecular formula is C12H16. The molecule has 0 aliphatic heterocycles. The van der Waals surface area contributed by atoms with Gasteiger partial charge in [0, 0.05) is 0 Å². The van der Waals surface area contributed by atoms with Crippen molar-refractivity contribution in [2.24, 2.45) is 23.7 Å². The summed E-state index contributed by atoms with van der Waals surface area (Å²) in [5, 5.41) is 0. The van der Waals surface area contributed by atoms with Crippen LogP contribution in [0.2, 0.25) is 0 Å². The summed E-state index contributed by atoms with van der Waals surface area (Å²) >= 11 is 0. The molecule has 0 heteroatoms. The average Bonchev–Trinajstić information content (AvgIpc) is 2.63. The van der Waals surface area contributed by atoms with Crippen molar-refractivity contribution < 1.29 is 0 Å². The monoisotopic (exact) mass is 160 g/mol. The zero-order valence-electron chi connectivity index (χ0n) is 7.88. The zero-order chi connectivity index (χ0) is 8.29. The first-order chi connectivity index (χ1) is 5.79. The summed E-state index contributed by atoms with van der Waals surface area (Å²) in [4.78, 5) is 0. The Balaban J connectivity index is 2.06. The van der Waals surface area contributed by atoms with Crippen LogP contribution >= 0.6 is 0 Å². The average molecular weight is 160 g/mol. The molecule has 0 aromatic rings. The van der Waals surface area contributed by atoms with Crippen molar-refractivity contribution >= 4 is 0 Å². The van der Waals surface area contributed by atoms with Crippen LogP contribution < -0.4 is 0 Å². The molecule has 0 radical (unpaired) electrons. The topological polar surface area (TPSA) is 0 Å². The summed E-state index contributed by atoms with van der Waals surface area (Å²) in [6.45, 7) is 4.71. The van der Waals surface area contributed by atoms with Crippen LogP contribution in [0.4, 0.5) is 0 Å². The van der Waals surface area contributed by atoms with Gasteiger partial charge in [0.25, 0.3) is 0 Å². The zero-order valence-corrected chi connectivity index (χ0v) is 7.88. The van der Waals surface area contributed by atoms with Gasteiger partial charge in [0.2, 0.25) is 0 Å². The van der Waals surface area contributed by atoms with Crippen LogP contribution in [-0.2, 0) is 0 Å². The van der Waals surface area contributed by atoms with Crippen LogP contribution in [0, 0.1) is 23.7 Å². The van der Waals surface area contributed by atoms with E-state index in [1.54, 1.807) is 11.1 Å². The highest BCUT2D eigenvalue weighted by Crippen LogP contribution is 2.58. The minimum atomic E-state index is 0.929. The second-order valence-corrected chi connectivity index (χ2v) is 4.72. The lowest BCUT2D eigenvalue weighted by molar-refractivity contribution is 0.374. The maximum Gasteiger partial charge on any atom is -0.0131 e. The maximum atomic E-state index is 2.48. The fraction of sp³-hybridized carbons (Fsp3) is 0.667. The minimum Gasteiger partial charge on any atom is -0.0879 e. The third kappa shape index (κ3) is 0.608. The van der Waals surface area contributed by atoms with E-state index in [-0.39, 0.29) is 0 Å². The summed E-state index contributed by atoms with van der Waals surface area (Å²) in [5.41, 5.74) is 3.44. The number of fused-ring (bicyclic) bond motifs is 5. The Bertz CT molecular complexity index is 282. The lowest BCUT2D eigenvalue weighted by Crippen LogP contribution is -2.18. The summed E-state index contributed by atoms with van der Waals surface area (Å²) in [7, 11) is 0. The van der Waals surface area contributed by atoms with Crippen molar-refractivity contribution in [1.82, 2.24) is 0 Å². The van der Waals surface area contributed by atoms with E-state index in [2.05, 4.69) is 26.0 Å². The Hall–Kier alpha value is -0.520. The molecule has 12 heavy (non-hydrogen) atoms. The van der Waals surface area contributed by atoms with Crippen LogP contribution in [-0.4, -0.2) is 0 Å². The first kappa shape index (κ1) is 6.94. The van der Waals surface area contributed by atoms with Crippen molar-refractivity contribution in [3.05, 3.63) is 23.3 Å². The maximum absolute atomic E-state index is 2.48. The number of hydrogen-bond acceptors (Lipinski definition) is 0. The van der Waals surface area contributed by atoms with Gasteiger partial charge in [-0.25, -0.2) is 0 Å². The quantitative estimate of drug-likeness (QED) is 0.477. The molecule has 64 valence electrons. The first-order valence-electron chi connectivity index (χ1n) is 5.13. The highest BCUT2D eigenvalue weighted by molar-refractivity contribution is 5.33. The van der Waals surface area contributed by atoms with Crippen molar-refractivity contribution in [1.29, 1.82) is 0 Å². The summed E-state index contributed by atoms with van der Waals surface area (Å²) in [5.74, 6) is 3.81. The molecule has 0 spiro atoms. The van der Waals surface area contributed by atoms with Gasteiger partial charge < -0.3 is 0 Å². The van der Waals surface area contributed by atoms with Crippen molar-refractivity contribution in [2.75, 3.05) is 0 Å². The third-order valence-corrected chi connectivity index (χ3v) is 4.48. The van der Waals surface area contributed by atoms with Gasteiger partial charge in [0.1, 0.15) is 0 Å². The minimum absolute atomic E-state index is 0.929. The molecule has 1 saturated carbocycles. The van der Waals surface area contributed by atoms with Gasteiger partial charge >= 0.3 is 0 Å². The fourth-order valence-electron chi connectivity index (χ4n) is 3.71. The van der Waals surface area contributed by atoms with Gasteiger partial charge in [-0.1, -0.05) is 23.3 Å². The van der Waals surface area contributed by atoms with Gasteiger partial charge in [0.15, 0.2) is 0 Å². The molecule has 0 nitrogen and oxygen atoms in total. The van der Waals surface area contributed by atoms with Crippen LogP contribution in [0.1, 0.15) is 26.7 Å².